The third-order valence-corrected chi connectivity index (χ3v) is 4.45. The third kappa shape index (κ3) is 6.45. The second-order valence-electron chi connectivity index (χ2n) is 4.85. The standard InChI is InChI=1S/C12H19F3N2O3S/c1-2-21-9-5-3-4-8(9)16-11(20)17(6-10(18)19)7-12(13,14)15/h8-9H,2-7H2,1H3,(H,16,20)(H,18,19). The minimum Gasteiger partial charge on any atom is -0.480 e. The Morgan fingerprint density at radius 3 is 2.57 bits per heavy atom. The molecule has 2 amide bonds. The number of alkyl halides is 3. The van der Waals surface area contributed by atoms with Gasteiger partial charge in [-0.3, -0.25) is 4.79 Å². The Labute approximate surface area is 125 Å². The van der Waals surface area contributed by atoms with Crippen LogP contribution in [0.5, 0.6) is 0 Å². The topological polar surface area (TPSA) is 69.6 Å². The number of hydrogen-bond donors (Lipinski definition) is 2. The van der Waals surface area contributed by atoms with E-state index in [9.17, 15) is 22.8 Å². The normalized spacial score (nSPS) is 22.1. The number of urea groups is 1. The summed E-state index contributed by atoms with van der Waals surface area (Å²) in [6, 6.07) is -1.17. The maximum Gasteiger partial charge on any atom is 0.406 e. The molecule has 9 heteroatoms. The monoisotopic (exact) mass is 328 g/mol. The van der Waals surface area contributed by atoms with E-state index in [2.05, 4.69) is 5.32 Å². The zero-order valence-corrected chi connectivity index (χ0v) is 12.5. The molecule has 122 valence electrons. The van der Waals surface area contributed by atoms with Crippen molar-refractivity contribution >= 4 is 23.8 Å². The van der Waals surface area contributed by atoms with Crippen molar-refractivity contribution in [3.63, 3.8) is 0 Å². The van der Waals surface area contributed by atoms with Gasteiger partial charge in [0.25, 0.3) is 0 Å². The fourth-order valence-corrected chi connectivity index (χ4v) is 3.53. The fourth-order valence-electron chi connectivity index (χ4n) is 2.33. The van der Waals surface area contributed by atoms with Crippen LogP contribution in [0.4, 0.5) is 18.0 Å². The number of thioether (sulfide) groups is 1. The first-order valence-corrected chi connectivity index (χ1v) is 7.73. The number of carbonyl (C=O) groups is 2. The first-order valence-electron chi connectivity index (χ1n) is 6.68. The van der Waals surface area contributed by atoms with E-state index in [1.807, 2.05) is 6.92 Å². The Kier molecular flexibility index (Phi) is 6.63. The second-order valence-corrected chi connectivity index (χ2v) is 6.36. The molecule has 0 spiro atoms. The van der Waals surface area contributed by atoms with E-state index in [0.717, 1.165) is 18.6 Å². The first-order chi connectivity index (χ1) is 9.73. The maximum absolute atomic E-state index is 12.4. The summed E-state index contributed by atoms with van der Waals surface area (Å²) in [5.41, 5.74) is 0. The van der Waals surface area contributed by atoms with Crippen LogP contribution in [0.25, 0.3) is 0 Å². The predicted molar refractivity (Wildman–Crippen MR) is 73.4 cm³/mol. The Morgan fingerprint density at radius 1 is 1.38 bits per heavy atom. The van der Waals surface area contributed by atoms with Crippen molar-refractivity contribution in [2.75, 3.05) is 18.8 Å². The minimum atomic E-state index is -4.62. The number of amides is 2. The molecule has 1 fully saturated rings. The Morgan fingerprint density at radius 2 is 2.05 bits per heavy atom. The predicted octanol–water partition coefficient (Wildman–Crippen LogP) is 2.32. The van der Waals surface area contributed by atoms with E-state index < -0.39 is 31.3 Å². The summed E-state index contributed by atoms with van der Waals surface area (Å²) in [5, 5.41) is 11.4. The Balaban J connectivity index is 2.64. The largest absolute Gasteiger partial charge is 0.480 e. The van der Waals surface area contributed by atoms with Gasteiger partial charge in [-0.15, -0.1) is 0 Å². The van der Waals surface area contributed by atoms with Gasteiger partial charge in [0.05, 0.1) is 0 Å². The van der Waals surface area contributed by atoms with Gasteiger partial charge in [0, 0.05) is 11.3 Å². The van der Waals surface area contributed by atoms with Crippen molar-refractivity contribution < 1.29 is 27.9 Å². The van der Waals surface area contributed by atoms with Crippen molar-refractivity contribution in [2.24, 2.45) is 0 Å². The van der Waals surface area contributed by atoms with Crippen LogP contribution >= 0.6 is 11.8 Å². The number of aliphatic carboxylic acids is 1. The number of hydrogen-bond acceptors (Lipinski definition) is 3. The molecule has 1 aliphatic carbocycles. The molecule has 2 unspecified atom stereocenters. The molecule has 0 aliphatic heterocycles. The lowest BCUT2D eigenvalue weighted by Gasteiger charge is -2.26. The van der Waals surface area contributed by atoms with Crippen molar-refractivity contribution in [2.45, 2.75) is 43.7 Å². The number of carboxylic acids is 1. The number of carboxylic acid groups (broad SMARTS) is 1. The van der Waals surface area contributed by atoms with E-state index in [-0.39, 0.29) is 16.2 Å². The van der Waals surface area contributed by atoms with E-state index in [4.69, 9.17) is 5.11 Å². The summed E-state index contributed by atoms with van der Waals surface area (Å²) in [4.78, 5) is 22.8. The molecule has 5 nitrogen and oxygen atoms in total. The molecular formula is C12H19F3N2O3S. The van der Waals surface area contributed by atoms with Gasteiger partial charge < -0.3 is 15.3 Å². The van der Waals surface area contributed by atoms with Crippen molar-refractivity contribution in [1.29, 1.82) is 0 Å². The van der Waals surface area contributed by atoms with Gasteiger partial charge in [0.1, 0.15) is 13.1 Å². The molecule has 1 aliphatic rings. The second kappa shape index (κ2) is 7.77. The highest BCUT2D eigenvalue weighted by Gasteiger charge is 2.36. The molecule has 0 aromatic carbocycles. The minimum absolute atomic E-state index is 0.177. The summed E-state index contributed by atoms with van der Waals surface area (Å²) >= 11 is 1.66. The molecule has 2 atom stereocenters. The van der Waals surface area contributed by atoms with Gasteiger partial charge in [0.15, 0.2) is 0 Å². The van der Waals surface area contributed by atoms with Crippen LogP contribution in [0.3, 0.4) is 0 Å². The molecule has 0 heterocycles. The number of halogens is 3. The van der Waals surface area contributed by atoms with Crippen LogP contribution in [-0.2, 0) is 4.79 Å². The SMILES string of the molecule is CCSC1CCCC1NC(=O)N(CC(=O)O)CC(F)(F)F. The molecule has 0 aromatic rings. The van der Waals surface area contributed by atoms with Crippen LogP contribution in [0.2, 0.25) is 0 Å². The number of carbonyl (C=O) groups excluding carboxylic acids is 1. The molecule has 2 N–H and O–H groups in total. The first kappa shape index (κ1) is 17.9. The van der Waals surface area contributed by atoms with Crippen LogP contribution in [0.15, 0.2) is 0 Å². The quantitative estimate of drug-likeness (QED) is 0.785. The Bertz CT molecular complexity index is 379. The average molecular weight is 328 g/mol. The van der Waals surface area contributed by atoms with Crippen LogP contribution in [0.1, 0.15) is 26.2 Å². The number of rotatable bonds is 6. The summed E-state index contributed by atoms with van der Waals surface area (Å²) in [7, 11) is 0. The van der Waals surface area contributed by atoms with Crippen LogP contribution < -0.4 is 5.32 Å². The van der Waals surface area contributed by atoms with Gasteiger partial charge in [-0.05, 0) is 18.6 Å². The van der Waals surface area contributed by atoms with Gasteiger partial charge in [-0.1, -0.05) is 13.3 Å². The zero-order chi connectivity index (χ0) is 16.0. The molecule has 1 saturated carbocycles. The third-order valence-electron chi connectivity index (χ3n) is 3.13. The number of nitrogens with zero attached hydrogens (tertiary/aromatic N) is 1. The molecule has 0 radical (unpaired) electrons. The smallest absolute Gasteiger partial charge is 0.406 e. The zero-order valence-electron chi connectivity index (χ0n) is 11.7. The number of nitrogens with one attached hydrogen (secondary N) is 1. The summed E-state index contributed by atoms with van der Waals surface area (Å²) in [6.45, 7) is -0.560. The molecule has 21 heavy (non-hydrogen) atoms. The fraction of sp³-hybridized carbons (Fsp3) is 0.833. The van der Waals surface area contributed by atoms with Crippen molar-refractivity contribution in [1.82, 2.24) is 10.2 Å². The lowest BCUT2D eigenvalue weighted by molar-refractivity contribution is -0.149. The van der Waals surface area contributed by atoms with Crippen LogP contribution in [0, 0.1) is 0 Å². The maximum atomic E-state index is 12.4. The van der Waals surface area contributed by atoms with Crippen LogP contribution in [-0.4, -0.2) is 58.3 Å². The molecular weight excluding hydrogens is 309 g/mol. The summed E-state index contributed by atoms with van der Waals surface area (Å²) in [5.74, 6) is -0.612. The van der Waals surface area contributed by atoms with E-state index >= 15 is 0 Å². The van der Waals surface area contributed by atoms with E-state index in [0.29, 0.717) is 6.42 Å². The van der Waals surface area contributed by atoms with E-state index in [1.165, 1.54) is 0 Å². The molecule has 0 bridgehead atoms. The van der Waals surface area contributed by atoms with Gasteiger partial charge in [-0.2, -0.15) is 24.9 Å². The Hall–Kier alpha value is -1.12. The molecule has 1 rings (SSSR count). The molecule has 0 saturated heterocycles. The lowest BCUT2D eigenvalue weighted by Crippen LogP contribution is -2.51. The summed E-state index contributed by atoms with van der Waals surface area (Å²) < 4.78 is 37.2. The van der Waals surface area contributed by atoms with E-state index in [1.54, 1.807) is 11.8 Å². The highest BCUT2D eigenvalue weighted by atomic mass is 32.2. The average Bonchev–Trinajstić information content (AvgIpc) is 2.74. The van der Waals surface area contributed by atoms with Crippen molar-refractivity contribution in [3.05, 3.63) is 0 Å². The summed E-state index contributed by atoms with van der Waals surface area (Å²) in [6.07, 6.45) is -2.11. The van der Waals surface area contributed by atoms with Gasteiger partial charge in [0.2, 0.25) is 0 Å². The highest BCUT2D eigenvalue weighted by molar-refractivity contribution is 7.99. The highest BCUT2D eigenvalue weighted by Crippen LogP contribution is 2.30. The van der Waals surface area contributed by atoms with Gasteiger partial charge in [-0.25, -0.2) is 4.79 Å². The lowest BCUT2D eigenvalue weighted by atomic mass is 10.2. The van der Waals surface area contributed by atoms with Gasteiger partial charge >= 0.3 is 18.2 Å². The molecule has 0 aromatic heterocycles. The van der Waals surface area contributed by atoms with Crippen molar-refractivity contribution in [3.8, 4) is 0 Å².